The molecule has 0 radical (unpaired) electrons. The summed E-state index contributed by atoms with van der Waals surface area (Å²) >= 11 is 0. The number of benzene rings is 2. The second-order valence-electron chi connectivity index (χ2n) is 6.06. The number of para-hydroxylation sites is 1. The molecule has 0 fully saturated rings. The molecule has 124 valence electrons. The van der Waals surface area contributed by atoms with Crippen LogP contribution in [0.25, 0.3) is 10.9 Å². The third-order valence-electron chi connectivity index (χ3n) is 4.27. The van der Waals surface area contributed by atoms with Crippen LogP contribution < -0.4 is 5.32 Å². The van der Waals surface area contributed by atoms with Crippen molar-refractivity contribution in [2.24, 2.45) is 0 Å². The Balaban J connectivity index is 1.96. The number of nitriles is 1. The predicted molar refractivity (Wildman–Crippen MR) is 98.1 cm³/mol. The molecule has 1 heterocycles. The second kappa shape index (κ2) is 7.14. The Morgan fingerprint density at radius 2 is 1.92 bits per heavy atom. The molecule has 0 saturated carbocycles. The van der Waals surface area contributed by atoms with Crippen LogP contribution in [0.5, 0.6) is 0 Å². The number of amides is 1. The largest absolute Gasteiger partial charge is 0.345 e. The van der Waals surface area contributed by atoms with E-state index in [0.717, 1.165) is 22.0 Å². The molecule has 0 unspecified atom stereocenters. The summed E-state index contributed by atoms with van der Waals surface area (Å²) in [5.74, 6) is -0.103. The number of rotatable bonds is 4. The molecule has 0 bridgehead atoms. The van der Waals surface area contributed by atoms with E-state index >= 15 is 0 Å². The quantitative estimate of drug-likeness (QED) is 0.783. The van der Waals surface area contributed by atoms with Crippen molar-refractivity contribution in [2.75, 3.05) is 0 Å². The smallest absolute Gasteiger partial charge is 0.252 e. The zero-order valence-electron chi connectivity index (χ0n) is 14.3. The maximum atomic E-state index is 12.6. The van der Waals surface area contributed by atoms with Crippen LogP contribution in [0.4, 0.5) is 0 Å². The van der Waals surface area contributed by atoms with E-state index in [1.165, 1.54) is 0 Å². The fraction of sp³-hybridized carbons (Fsp3) is 0.190. The molecular formula is C21H19N3O. The van der Waals surface area contributed by atoms with Crippen molar-refractivity contribution in [1.82, 2.24) is 10.3 Å². The molecule has 0 saturated heterocycles. The molecule has 3 aromatic rings. The van der Waals surface area contributed by atoms with Gasteiger partial charge in [-0.25, -0.2) is 0 Å². The lowest BCUT2D eigenvalue weighted by Gasteiger charge is -2.18. The average Bonchev–Trinajstić information content (AvgIpc) is 2.61. The lowest BCUT2D eigenvalue weighted by molar-refractivity contribution is 0.0939. The maximum Gasteiger partial charge on any atom is 0.252 e. The molecule has 1 atom stereocenters. The third kappa shape index (κ3) is 3.51. The standard InChI is InChI=1S/C21H19N3O/c1-14-7-3-4-8-17(14)21(25)23-15(2)19-13-16(11-12-22)24-20-10-6-5-9-18(19)20/h3-10,13,15H,11H2,1-2H3,(H,23,25)/t15-/m0/s1. The maximum absolute atomic E-state index is 12.6. The number of nitrogens with one attached hydrogen (secondary N) is 1. The summed E-state index contributed by atoms with van der Waals surface area (Å²) in [6, 6.07) is 19.2. The fourth-order valence-corrected chi connectivity index (χ4v) is 2.97. The second-order valence-corrected chi connectivity index (χ2v) is 6.06. The molecule has 4 nitrogen and oxygen atoms in total. The van der Waals surface area contributed by atoms with Crippen LogP contribution in [0, 0.1) is 18.3 Å². The van der Waals surface area contributed by atoms with Crippen LogP contribution in [-0.2, 0) is 6.42 Å². The van der Waals surface area contributed by atoms with Crippen molar-refractivity contribution < 1.29 is 4.79 Å². The van der Waals surface area contributed by atoms with Gasteiger partial charge in [0.15, 0.2) is 0 Å². The summed E-state index contributed by atoms with van der Waals surface area (Å²) in [5.41, 5.74) is 4.13. The Bertz CT molecular complexity index is 972. The molecule has 1 amide bonds. The van der Waals surface area contributed by atoms with E-state index in [-0.39, 0.29) is 18.4 Å². The predicted octanol–water partition coefficient (Wildman–Crippen LogP) is 4.10. The minimum absolute atomic E-state index is 0.103. The zero-order chi connectivity index (χ0) is 17.8. The molecule has 1 N–H and O–H groups in total. The number of carbonyl (C=O) groups is 1. The van der Waals surface area contributed by atoms with Crippen molar-refractivity contribution in [3.8, 4) is 6.07 Å². The number of carbonyl (C=O) groups excluding carboxylic acids is 1. The van der Waals surface area contributed by atoms with Crippen LogP contribution in [0.15, 0.2) is 54.6 Å². The summed E-state index contributed by atoms with van der Waals surface area (Å²) in [5, 5.41) is 13.0. The van der Waals surface area contributed by atoms with Gasteiger partial charge in [0.2, 0.25) is 0 Å². The van der Waals surface area contributed by atoms with Gasteiger partial charge in [-0.05, 0) is 43.2 Å². The van der Waals surface area contributed by atoms with Crippen LogP contribution in [0.2, 0.25) is 0 Å². The molecule has 2 aromatic carbocycles. The van der Waals surface area contributed by atoms with Gasteiger partial charge in [0.1, 0.15) is 0 Å². The number of fused-ring (bicyclic) bond motifs is 1. The minimum Gasteiger partial charge on any atom is -0.345 e. The monoisotopic (exact) mass is 329 g/mol. The van der Waals surface area contributed by atoms with Crippen LogP contribution in [0.1, 0.15) is 40.1 Å². The van der Waals surface area contributed by atoms with Crippen LogP contribution in [-0.4, -0.2) is 10.9 Å². The van der Waals surface area contributed by atoms with E-state index in [1.807, 2.05) is 68.4 Å². The van der Waals surface area contributed by atoms with E-state index in [2.05, 4.69) is 16.4 Å². The fourth-order valence-electron chi connectivity index (χ4n) is 2.97. The lowest BCUT2D eigenvalue weighted by atomic mass is 10.0. The molecule has 0 aliphatic carbocycles. The molecule has 4 heteroatoms. The van der Waals surface area contributed by atoms with E-state index in [9.17, 15) is 4.79 Å². The summed E-state index contributed by atoms with van der Waals surface area (Å²) < 4.78 is 0. The van der Waals surface area contributed by atoms with Gasteiger partial charge >= 0.3 is 0 Å². The van der Waals surface area contributed by atoms with Crippen LogP contribution >= 0.6 is 0 Å². The summed E-state index contributed by atoms with van der Waals surface area (Å²) in [4.78, 5) is 17.1. The van der Waals surface area contributed by atoms with Gasteiger partial charge in [-0.2, -0.15) is 5.26 Å². The molecular weight excluding hydrogens is 310 g/mol. The number of nitrogens with zero attached hydrogens (tertiary/aromatic N) is 2. The van der Waals surface area contributed by atoms with E-state index in [1.54, 1.807) is 0 Å². The number of hydrogen-bond acceptors (Lipinski definition) is 3. The summed E-state index contributed by atoms with van der Waals surface area (Å²) in [6.45, 7) is 3.88. The first-order valence-electron chi connectivity index (χ1n) is 8.22. The highest BCUT2D eigenvalue weighted by atomic mass is 16.1. The van der Waals surface area contributed by atoms with E-state index in [0.29, 0.717) is 11.3 Å². The van der Waals surface area contributed by atoms with Gasteiger partial charge in [0, 0.05) is 10.9 Å². The molecule has 3 rings (SSSR count). The van der Waals surface area contributed by atoms with Gasteiger partial charge in [-0.15, -0.1) is 0 Å². The average molecular weight is 329 g/mol. The van der Waals surface area contributed by atoms with Gasteiger partial charge < -0.3 is 5.32 Å². The highest BCUT2D eigenvalue weighted by molar-refractivity contribution is 5.96. The van der Waals surface area contributed by atoms with Gasteiger partial charge in [0.05, 0.1) is 29.7 Å². The van der Waals surface area contributed by atoms with Crippen molar-refractivity contribution in [2.45, 2.75) is 26.3 Å². The molecule has 0 aliphatic rings. The SMILES string of the molecule is Cc1ccccc1C(=O)N[C@@H](C)c1cc(CC#N)nc2ccccc12. The van der Waals surface area contributed by atoms with Gasteiger partial charge in [-0.1, -0.05) is 36.4 Å². The number of hydrogen-bond donors (Lipinski definition) is 1. The minimum atomic E-state index is -0.197. The Morgan fingerprint density at radius 1 is 1.20 bits per heavy atom. The highest BCUT2D eigenvalue weighted by Crippen LogP contribution is 2.25. The van der Waals surface area contributed by atoms with Crippen molar-refractivity contribution in [3.05, 3.63) is 77.0 Å². The molecule has 25 heavy (non-hydrogen) atoms. The van der Waals surface area contributed by atoms with Gasteiger partial charge in [0.25, 0.3) is 5.91 Å². The van der Waals surface area contributed by atoms with E-state index < -0.39 is 0 Å². The number of pyridine rings is 1. The molecule has 0 spiro atoms. The summed E-state index contributed by atoms with van der Waals surface area (Å²) in [7, 11) is 0. The Labute approximate surface area is 147 Å². The van der Waals surface area contributed by atoms with Crippen molar-refractivity contribution >= 4 is 16.8 Å². The highest BCUT2D eigenvalue weighted by Gasteiger charge is 2.16. The number of aromatic nitrogens is 1. The molecule has 0 aliphatic heterocycles. The van der Waals surface area contributed by atoms with Crippen LogP contribution in [0.3, 0.4) is 0 Å². The number of aryl methyl sites for hydroxylation is 1. The molecule has 1 aromatic heterocycles. The first-order valence-corrected chi connectivity index (χ1v) is 8.22. The first-order chi connectivity index (χ1) is 12.1. The lowest BCUT2D eigenvalue weighted by Crippen LogP contribution is -2.27. The Hall–Kier alpha value is -3.19. The van der Waals surface area contributed by atoms with Gasteiger partial charge in [-0.3, -0.25) is 9.78 Å². The van der Waals surface area contributed by atoms with E-state index in [4.69, 9.17) is 5.26 Å². The Morgan fingerprint density at radius 3 is 2.68 bits per heavy atom. The topological polar surface area (TPSA) is 65.8 Å². The zero-order valence-corrected chi connectivity index (χ0v) is 14.3. The summed E-state index contributed by atoms with van der Waals surface area (Å²) in [6.07, 6.45) is 0.246. The van der Waals surface area contributed by atoms with Crippen molar-refractivity contribution in [3.63, 3.8) is 0 Å². The first kappa shape index (κ1) is 16.7. The Kier molecular flexibility index (Phi) is 4.76. The third-order valence-corrected chi connectivity index (χ3v) is 4.27. The normalized spacial score (nSPS) is 11.7. The van der Waals surface area contributed by atoms with Crippen molar-refractivity contribution in [1.29, 1.82) is 5.26 Å².